The van der Waals surface area contributed by atoms with E-state index >= 15 is 0 Å². The van der Waals surface area contributed by atoms with E-state index in [1.165, 1.54) is 0 Å². The van der Waals surface area contributed by atoms with Crippen LogP contribution >= 0.6 is 0 Å². The van der Waals surface area contributed by atoms with Crippen LogP contribution in [0.2, 0.25) is 0 Å². The Morgan fingerprint density at radius 3 is 2.62 bits per heavy atom. The van der Waals surface area contributed by atoms with E-state index in [2.05, 4.69) is 16.9 Å². The van der Waals surface area contributed by atoms with E-state index in [4.69, 9.17) is 4.55 Å². The van der Waals surface area contributed by atoms with Gasteiger partial charge in [-0.15, -0.1) is 0 Å². The van der Waals surface area contributed by atoms with Crippen LogP contribution in [0.5, 0.6) is 0 Å². The van der Waals surface area contributed by atoms with Crippen LogP contribution in [-0.4, -0.2) is 19.5 Å². The molecule has 74 valence electrons. The van der Waals surface area contributed by atoms with Crippen LogP contribution in [0.1, 0.15) is 12.8 Å². The summed E-state index contributed by atoms with van der Waals surface area (Å²) in [6.07, 6.45) is 6.56. The second-order valence-electron chi connectivity index (χ2n) is 3.86. The Morgan fingerprint density at radius 1 is 1.38 bits per heavy atom. The number of allylic oxidation sites excluding steroid dienone is 2. The molecular weight excluding hydrogens is 190 g/mol. The predicted molar refractivity (Wildman–Crippen MR) is 48.4 cm³/mol. The molecule has 1 saturated carbocycles. The van der Waals surface area contributed by atoms with Gasteiger partial charge < -0.3 is 0 Å². The molecule has 0 aromatic heterocycles. The Kier molecular flexibility index (Phi) is 2.17. The Balaban J connectivity index is 1.88. The Morgan fingerprint density at radius 2 is 2.15 bits per heavy atom. The maximum absolute atomic E-state index is 10.4. The smallest absolute Gasteiger partial charge is 0.273 e. The molecule has 13 heavy (non-hydrogen) atoms. The largest absolute Gasteiger partial charge is 0.333 e. The predicted octanol–water partition coefficient (Wildman–Crippen LogP) is 0.591. The van der Waals surface area contributed by atoms with Gasteiger partial charge >= 0.3 is 10.3 Å². The molecule has 2 aliphatic carbocycles. The molecule has 0 aromatic carbocycles. The molecule has 5 heteroatoms. The summed E-state index contributed by atoms with van der Waals surface area (Å²) in [5, 5.41) is 0. The van der Waals surface area contributed by atoms with Crippen molar-refractivity contribution in [3.05, 3.63) is 12.2 Å². The molecule has 0 aliphatic heterocycles. The number of nitrogens with one attached hydrogen (secondary N) is 1. The van der Waals surface area contributed by atoms with E-state index in [0.717, 1.165) is 12.8 Å². The molecule has 0 aromatic rings. The van der Waals surface area contributed by atoms with Gasteiger partial charge in [0.2, 0.25) is 0 Å². The summed E-state index contributed by atoms with van der Waals surface area (Å²) < 4.78 is 31.5. The summed E-state index contributed by atoms with van der Waals surface area (Å²) in [6, 6.07) is 0. The number of fused-ring (bicyclic) bond motifs is 2. The topological polar surface area (TPSA) is 66.4 Å². The molecule has 2 aliphatic rings. The molecule has 2 bridgehead atoms. The highest BCUT2D eigenvalue weighted by atomic mass is 32.2. The molecular formula is C8H13NO3S. The maximum atomic E-state index is 10.4. The van der Waals surface area contributed by atoms with Gasteiger partial charge in [0.25, 0.3) is 0 Å². The Bertz CT molecular complexity index is 322. The first kappa shape index (κ1) is 9.18. The molecule has 1 fully saturated rings. The summed E-state index contributed by atoms with van der Waals surface area (Å²) >= 11 is 0. The fourth-order valence-electron chi connectivity index (χ4n) is 2.34. The first-order valence-corrected chi connectivity index (χ1v) is 5.89. The minimum absolute atomic E-state index is 0.365. The van der Waals surface area contributed by atoms with Gasteiger partial charge in [0.1, 0.15) is 0 Å². The summed E-state index contributed by atoms with van der Waals surface area (Å²) in [5.74, 6) is 1.52. The van der Waals surface area contributed by atoms with E-state index < -0.39 is 10.3 Å². The fraction of sp³-hybridized carbons (Fsp3) is 0.750. The molecule has 0 spiro atoms. The minimum atomic E-state index is -4.00. The van der Waals surface area contributed by atoms with Crippen LogP contribution in [-0.2, 0) is 10.3 Å². The van der Waals surface area contributed by atoms with Crippen LogP contribution in [0.15, 0.2) is 12.2 Å². The van der Waals surface area contributed by atoms with Gasteiger partial charge in [-0.3, -0.25) is 4.55 Å². The first-order chi connectivity index (χ1) is 6.04. The van der Waals surface area contributed by atoms with Crippen LogP contribution in [0.25, 0.3) is 0 Å². The SMILES string of the molecule is O=S(=O)(O)NCC1CC2C=CC1C2. The second-order valence-corrected chi connectivity index (χ2v) is 5.10. The zero-order chi connectivity index (χ0) is 9.47. The number of hydrogen-bond donors (Lipinski definition) is 2. The molecule has 3 unspecified atom stereocenters. The molecule has 4 nitrogen and oxygen atoms in total. The van der Waals surface area contributed by atoms with Crippen molar-refractivity contribution in [1.29, 1.82) is 0 Å². The lowest BCUT2D eigenvalue weighted by molar-refractivity contribution is 0.416. The highest BCUT2D eigenvalue weighted by molar-refractivity contribution is 7.83. The first-order valence-electron chi connectivity index (χ1n) is 4.45. The normalized spacial score (nSPS) is 37.2. The summed E-state index contributed by atoms with van der Waals surface area (Å²) in [7, 11) is -4.00. The number of rotatable bonds is 3. The summed E-state index contributed by atoms with van der Waals surface area (Å²) in [6.45, 7) is 0.365. The quantitative estimate of drug-likeness (QED) is 0.521. The maximum Gasteiger partial charge on any atom is 0.333 e. The number of hydrogen-bond acceptors (Lipinski definition) is 2. The Hall–Kier alpha value is -0.390. The van der Waals surface area contributed by atoms with Gasteiger partial charge in [-0.1, -0.05) is 12.2 Å². The molecule has 0 saturated heterocycles. The van der Waals surface area contributed by atoms with Crippen molar-refractivity contribution in [2.24, 2.45) is 17.8 Å². The van der Waals surface area contributed by atoms with Crippen LogP contribution in [0, 0.1) is 17.8 Å². The van der Waals surface area contributed by atoms with E-state index in [9.17, 15) is 8.42 Å². The third-order valence-electron chi connectivity index (χ3n) is 2.94. The van der Waals surface area contributed by atoms with Crippen molar-refractivity contribution >= 4 is 10.3 Å². The van der Waals surface area contributed by atoms with Crippen LogP contribution < -0.4 is 4.72 Å². The van der Waals surface area contributed by atoms with Crippen LogP contribution in [0.3, 0.4) is 0 Å². The van der Waals surface area contributed by atoms with E-state index in [1.807, 2.05) is 0 Å². The third kappa shape index (κ3) is 2.10. The van der Waals surface area contributed by atoms with Crippen molar-refractivity contribution in [3.8, 4) is 0 Å². The highest BCUT2D eigenvalue weighted by Crippen LogP contribution is 2.42. The lowest BCUT2D eigenvalue weighted by Gasteiger charge is -2.16. The molecule has 0 heterocycles. The molecule has 0 radical (unpaired) electrons. The third-order valence-corrected chi connectivity index (χ3v) is 3.48. The highest BCUT2D eigenvalue weighted by Gasteiger charge is 2.35. The van der Waals surface area contributed by atoms with Gasteiger partial charge in [0, 0.05) is 6.54 Å². The molecule has 3 atom stereocenters. The molecule has 2 rings (SSSR count). The average molecular weight is 203 g/mol. The van der Waals surface area contributed by atoms with Crippen molar-refractivity contribution in [3.63, 3.8) is 0 Å². The zero-order valence-corrected chi connectivity index (χ0v) is 8.00. The summed E-state index contributed by atoms with van der Waals surface area (Å²) in [4.78, 5) is 0. The fourth-order valence-corrected chi connectivity index (χ4v) is 2.77. The van der Waals surface area contributed by atoms with Crippen LogP contribution in [0.4, 0.5) is 0 Å². The van der Waals surface area contributed by atoms with Crippen molar-refractivity contribution in [2.45, 2.75) is 12.8 Å². The van der Waals surface area contributed by atoms with Gasteiger partial charge in [-0.2, -0.15) is 13.1 Å². The van der Waals surface area contributed by atoms with Crippen molar-refractivity contribution in [1.82, 2.24) is 4.72 Å². The second kappa shape index (κ2) is 3.08. The van der Waals surface area contributed by atoms with Crippen molar-refractivity contribution in [2.75, 3.05) is 6.54 Å². The van der Waals surface area contributed by atoms with Crippen molar-refractivity contribution < 1.29 is 13.0 Å². The lowest BCUT2D eigenvalue weighted by atomic mass is 9.94. The van der Waals surface area contributed by atoms with Gasteiger partial charge in [0.15, 0.2) is 0 Å². The molecule has 0 amide bonds. The van der Waals surface area contributed by atoms with E-state index in [1.54, 1.807) is 0 Å². The summed E-state index contributed by atoms with van der Waals surface area (Å²) in [5.41, 5.74) is 0. The van der Waals surface area contributed by atoms with Gasteiger partial charge in [-0.25, -0.2) is 0 Å². The lowest BCUT2D eigenvalue weighted by Crippen LogP contribution is -2.30. The van der Waals surface area contributed by atoms with Gasteiger partial charge in [0.05, 0.1) is 0 Å². The average Bonchev–Trinajstić information content (AvgIpc) is 2.58. The molecule has 2 N–H and O–H groups in total. The Labute approximate surface area is 77.9 Å². The minimum Gasteiger partial charge on any atom is -0.273 e. The van der Waals surface area contributed by atoms with E-state index in [-0.39, 0.29) is 0 Å². The van der Waals surface area contributed by atoms with E-state index in [0.29, 0.717) is 24.3 Å². The zero-order valence-electron chi connectivity index (χ0n) is 7.18. The monoisotopic (exact) mass is 203 g/mol. The van der Waals surface area contributed by atoms with Gasteiger partial charge in [-0.05, 0) is 30.6 Å². The standard InChI is InChI=1S/C8H13NO3S/c10-13(11,12)9-5-8-4-6-1-2-7(8)3-6/h1-2,6-9H,3-5H2,(H,10,11,12).